The van der Waals surface area contributed by atoms with Crippen LogP contribution in [0.2, 0.25) is 10.0 Å². The molecule has 0 fully saturated rings. The van der Waals surface area contributed by atoms with E-state index in [-0.39, 0.29) is 22.7 Å². The average molecular weight is 443 g/mol. The summed E-state index contributed by atoms with van der Waals surface area (Å²) in [4.78, 5) is 12.7. The monoisotopic (exact) mass is 442 g/mol. The Morgan fingerprint density at radius 1 is 1.07 bits per heavy atom. The molecule has 0 aliphatic heterocycles. The summed E-state index contributed by atoms with van der Waals surface area (Å²) < 4.78 is 25.7. The first-order chi connectivity index (χ1) is 13.1. The van der Waals surface area contributed by atoms with Crippen molar-refractivity contribution in [1.82, 2.24) is 5.32 Å². The Morgan fingerprint density at radius 3 is 2.29 bits per heavy atom. The van der Waals surface area contributed by atoms with Crippen molar-refractivity contribution in [3.63, 3.8) is 0 Å². The van der Waals surface area contributed by atoms with Gasteiger partial charge in [0.05, 0.1) is 22.0 Å². The molecular formula is C20H24Cl2N2O3S. The standard InChI is InChI=1S/C20H24Cl2N2O3S/c1-14(9-10-16-7-5-4-6-8-16)23-20(25)15(2)24(28(3,26)27)17-11-12-18(21)19(22)13-17/h4-8,11-15H,9-10H2,1-3H3,(H,23,25)/t14-,15+/m1/s1. The lowest BCUT2D eigenvalue weighted by Gasteiger charge is -2.29. The average Bonchev–Trinajstić information content (AvgIpc) is 2.62. The van der Waals surface area contributed by atoms with Crippen LogP contribution in [0.15, 0.2) is 48.5 Å². The van der Waals surface area contributed by atoms with Gasteiger partial charge in [-0.05, 0) is 50.5 Å². The number of carbonyl (C=O) groups excluding carboxylic acids is 1. The molecule has 0 bridgehead atoms. The van der Waals surface area contributed by atoms with Gasteiger partial charge < -0.3 is 5.32 Å². The maximum atomic E-state index is 12.7. The van der Waals surface area contributed by atoms with Crippen molar-refractivity contribution in [2.75, 3.05) is 10.6 Å². The summed E-state index contributed by atoms with van der Waals surface area (Å²) in [6.45, 7) is 3.44. The van der Waals surface area contributed by atoms with E-state index in [1.165, 1.54) is 23.8 Å². The van der Waals surface area contributed by atoms with Crippen molar-refractivity contribution >= 4 is 44.8 Å². The maximum absolute atomic E-state index is 12.7. The molecular weight excluding hydrogens is 419 g/mol. The van der Waals surface area contributed by atoms with Crippen LogP contribution in [-0.4, -0.2) is 32.7 Å². The molecule has 0 heterocycles. The summed E-state index contributed by atoms with van der Waals surface area (Å²) in [5.41, 5.74) is 1.47. The number of aryl methyl sites for hydroxylation is 1. The van der Waals surface area contributed by atoms with Gasteiger partial charge in [-0.2, -0.15) is 0 Å². The number of benzene rings is 2. The van der Waals surface area contributed by atoms with Gasteiger partial charge in [-0.25, -0.2) is 8.42 Å². The first-order valence-corrected chi connectivity index (χ1v) is 11.5. The zero-order valence-electron chi connectivity index (χ0n) is 16.0. The van der Waals surface area contributed by atoms with Crippen LogP contribution in [0.25, 0.3) is 0 Å². The van der Waals surface area contributed by atoms with Gasteiger partial charge in [-0.3, -0.25) is 9.10 Å². The number of halogens is 2. The van der Waals surface area contributed by atoms with Gasteiger partial charge in [0.15, 0.2) is 0 Å². The van der Waals surface area contributed by atoms with Crippen LogP contribution >= 0.6 is 23.2 Å². The van der Waals surface area contributed by atoms with E-state index in [4.69, 9.17) is 23.2 Å². The molecule has 2 rings (SSSR count). The van der Waals surface area contributed by atoms with Crippen molar-refractivity contribution in [3.8, 4) is 0 Å². The second-order valence-electron chi connectivity index (χ2n) is 6.77. The number of anilines is 1. The smallest absolute Gasteiger partial charge is 0.243 e. The van der Waals surface area contributed by atoms with Crippen LogP contribution < -0.4 is 9.62 Å². The summed E-state index contributed by atoms with van der Waals surface area (Å²) in [5, 5.41) is 3.42. The summed E-state index contributed by atoms with van der Waals surface area (Å²) >= 11 is 11.9. The Bertz CT molecular complexity index is 920. The quantitative estimate of drug-likeness (QED) is 0.662. The number of hydrogen-bond donors (Lipinski definition) is 1. The number of rotatable bonds is 8. The molecule has 0 spiro atoms. The highest BCUT2D eigenvalue weighted by Crippen LogP contribution is 2.29. The van der Waals surface area contributed by atoms with E-state index in [0.29, 0.717) is 5.02 Å². The Morgan fingerprint density at radius 2 is 1.71 bits per heavy atom. The lowest BCUT2D eigenvalue weighted by Crippen LogP contribution is -2.50. The maximum Gasteiger partial charge on any atom is 0.243 e. The van der Waals surface area contributed by atoms with Crippen molar-refractivity contribution in [3.05, 3.63) is 64.1 Å². The summed E-state index contributed by atoms with van der Waals surface area (Å²) in [6, 6.07) is 13.4. The molecule has 0 saturated heterocycles. The number of amides is 1. The highest BCUT2D eigenvalue weighted by Gasteiger charge is 2.30. The van der Waals surface area contributed by atoms with E-state index < -0.39 is 16.1 Å². The largest absolute Gasteiger partial charge is 0.352 e. The molecule has 0 saturated carbocycles. The number of nitrogens with one attached hydrogen (secondary N) is 1. The number of sulfonamides is 1. The summed E-state index contributed by atoms with van der Waals surface area (Å²) in [7, 11) is -3.71. The van der Waals surface area contributed by atoms with E-state index >= 15 is 0 Å². The highest BCUT2D eigenvalue weighted by atomic mass is 35.5. The SMILES string of the molecule is C[C@H](CCc1ccccc1)NC(=O)[C@H](C)N(c1ccc(Cl)c(Cl)c1)S(C)(=O)=O. The molecule has 2 atom stereocenters. The molecule has 0 aromatic heterocycles. The molecule has 2 aromatic carbocycles. The fourth-order valence-corrected chi connectivity index (χ4v) is 4.35. The first-order valence-electron chi connectivity index (χ1n) is 8.88. The number of hydrogen-bond acceptors (Lipinski definition) is 3. The normalized spacial score (nSPS) is 13.6. The summed E-state index contributed by atoms with van der Waals surface area (Å²) in [6.07, 6.45) is 2.62. The molecule has 1 amide bonds. The minimum absolute atomic E-state index is 0.106. The lowest BCUT2D eigenvalue weighted by atomic mass is 10.1. The van der Waals surface area contributed by atoms with Crippen LogP contribution in [-0.2, 0) is 21.2 Å². The minimum atomic E-state index is -3.71. The third kappa shape index (κ3) is 6.12. The molecule has 0 aliphatic rings. The fourth-order valence-electron chi connectivity index (χ4n) is 2.89. The lowest BCUT2D eigenvalue weighted by molar-refractivity contribution is -0.122. The van der Waals surface area contributed by atoms with Gasteiger partial charge in [0.1, 0.15) is 6.04 Å². The predicted molar refractivity (Wildman–Crippen MR) is 116 cm³/mol. The predicted octanol–water partition coefficient (Wildman–Crippen LogP) is 4.29. The van der Waals surface area contributed by atoms with Crippen molar-refractivity contribution < 1.29 is 13.2 Å². The van der Waals surface area contributed by atoms with Gasteiger partial charge >= 0.3 is 0 Å². The zero-order valence-corrected chi connectivity index (χ0v) is 18.4. The van der Waals surface area contributed by atoms with E-state index in [9.17, 15) is 13.2 Å². The molecule has 28 heavy (non-hydrogen) atoms. The van der Waals surface area contributed by atoms with Crippen LogP contribution in [0.3, 0.4) is 0 Å². The highest BCUT2D eigenvalue weighted by molar-refractivity contribution is 7.92. The van der Waals surface area contributed by atoms with E-state index in [0.717, 1.165) is 23.4 Å². The van der Waals surface area contributed by atoms with Crippen LogP contribution in [0.5, 0.6) is 0 Å². The van der Waals surface area contributed by atoms with Crippen molar-refractivity contribution in [2.45, 2.75) is 38.8 Å². The Hall–Kier alpha value is -1.76. The molecule has 5 nitrogen and oxygen atoms in total. The zero-order chi connectivity index (χ0) is 20.9. The third-order valence-corrected chi connectivity index (χ3v) is 6.32. The Kier molecular flexibility index (Phi) is 7.75. The topological polar surface area (TPSA) is 66.5 Å². The molecule has 152 valence electrons. The van der Waals surface area contributed by atoms with Crippen LogP contribution in [0.1, 0.15) is 25.8 Å². The van der Waals surface area contributed by atoms with E-state index in [1.54, 1.807) is 6.92 Å². The second kappa shape index (κ2) is 9.63. The van der Waals surface area contributed by atoms with Gasteiger partial charge in [0, 0.05) is 6.04 Å². The first kappa shape index (κ1) is 22.5. The number of carbonyl (C=O) groups is 1. The molecule has 8 heteroatoms. The van der Waals surface area contributed by atoms with Gasteiger partial charge in [-0.1, -0.05) is 53.5 Å². The number of nitrogens with zero attached hydrogens (tertiary/aromatic N) is 1. The third-order valence-electron chi connectivity index (χ3n) is 4.34. The van der Waals surface area contributed by atoms with Gasteiger partial charge in [0.2, 0.25) is 15.9 Å². The summed E-state index contributed by atoms with van der Waals surface area (Å²) in [5.74, 6) is -0.378. The minimum Gasteiger partial charge on any atom is -0.352 e. The van der Waals surface area contributed by atoms with Crippen molar-refractivity contribution in [2.24, 2.45) is 0 Å². The molecule has 0 unspecified atom stereocenters. The Balaban J connectivity index is 2.09. The van der Waals surface area contributed by atoms with Crippen LogP contribution in [0.4, 0.5) is 5.69 Å². The van der Waals surface area contributed by atoms with Crippen LogP contribution in [0, 0.1) is 0 Å². The van der Waals surface area contributed by atoms with Crippen molar-refractivity contribution in [1.29, 1.82) is 0 Å². The van der Waals surface area contributed by atoms with E-state index in [1.807, 2.05) is 37.3 Å². The molecule has 0 radical (unpaired) electrons. The van der Waals surface area contributed by atoms with Gasteiger partial charge in [-0.15, -0.1) is 0 Å². The molecule has 2 aromatic rings. The van der Waals surface area contributed by atoms with E-state index in [2.05, 4.69) is 5.32 Å². The fraction of sp³-hybridized carbons (Fsp3) is 0.350. The molecule has 0 aliphatic carbocycles. The Labute approximate surface area is 176 Å². The van der Waals surface area contributed by atoms with Gasteiger partial charge in [0.25, 0.3) is 0 Å². The molecule has 1 N–H and O–H groups in total. The second-order valence-corrected chi connectivity index (χ2v) is 9.44.